The first-order chi connectivity index (χ1) is 8.90. The number of H-pyrrole nitrogens is 1. The van der Waals surface area contributed by atoms with Gasteiger partial charge in [-0.2, -0.15) is 15.4 Å². The van der Waals surface area contributed by atoms with Crippen LogP contribution in [0.15, 0.2) is 18.2 Å². The Morgan fingerprint density at radius 1 is 1.11 bits per heavy atom. The van der Waals surface area contributed by atoms with Crippen LogP contribution in [0, 0.1) is 0 Å². The van der Waals surface area contributed by atoms with E-state index in [1.807, 2.05) is 12.1 Å². The Bertz CT molecular complexity index is 470. The first-order valence-corrected chi connectivity index (χ1v) is 6.10. The lowest BCUT2D eigenvalue weighted by Crippen LogP contribution is -2.29. The average molecular weight is 249 g/mol. The van der Waals surface area contributed by atoms with Crippen molar-refractivity contribution in [1.29, 1.82) is 0 Å². The molecule has 0 radical (unpaired) electrons. The van der Waals surface area contributed by atoms with E-state index in [4.69, 9.17) is 4.74 Å². The molecule has 1 heterocycles. The van der Waals surface area contributed by atoms with E-state index in [0.717, 1.165) is 43.8 Å². The molecule has 98 valence electrons. The van der Waals surface area contributed by atoms with E-state index in [1.165, 1.54) is 5.56 Å². The van der Waals surface area contributed by atoms with E-state index < -0.39 is 0 Å². The number of rotatable bonds is 8. The van der Waals surface area contributed by atoms with Gasteiger partial charge >= 0.3 is 0 Å². The van der Waals surface area contributed by atoms with Gasteiger partial charge in [-0.3, -0.25) is 0 Å². The molecular weight excluding hydrogens is 230 g/mol. The Kier molecular flexibility index (Phi) is 5.07. The zero-order chi connectivity index (χ0) is 12.6. The number of ether oxygens (including phenoxy) is 1. The number of methoxy groups -OCH3 is 1. The maximum absolute atomic E-state index is 4.95. The quantitative estimate of drug-likeness (QED) is 0.586. The summed E-state index contributed by atoms with van der Waals surface area (Å²) in [4.78, 5) is 0. The smallest absolute Gasteiger partial charge is 0.113 e. The summed E-state index contributed by atoms with van der Waals surface area (Å²) in [5.41, 5.74) is 3.03. The fourth-order valence-electron chi connectivity index (χ4n) is 1.70. The number of benzene rings is 1. The van der Waals surface area contributed by atoms with Gasteiger partial charge in [-0.15, -0.1) is 0 Å². The van der Waals surface area contributed by atoms with E-state index in [-0.39, 0.29) is 0 Å². The highest BCUT2D eigenvalue weighted by Crippen LogP contribution is 2.09. The summed E-state index contributed by atoms with van der Waals surface area (Å²) >= 11 is 0. The van der Waals surface area contributed by atoms with Crippen LogP contribution in [0.3, 0.4) is 0 Å². The van der Waals surface area contributed by atoms with Gasteiger partial charge in [-0.05, 0) is 17.7 Å². The summed E-state index contributed by atoms with van der Waals surface area (Å²) in [5, 5.41) is 17.4. The molecule has 6 nitrogen and oxygen atoms in total. The lowest BCUT2D eigenvalue weighted by molar-refractivity contribution is 0.199. The van der Waals surface area contributed by atoms with E-state index in [0.29, 0.717) is 0 Å². The van der Waals surface area contributed by atoms with E-state index in [9.17, 15) is 0 Å². The number of hydrogen-bond donors (Lipinski definition) is 3. The summed E-state index contributed by atoms with van der Waals surface area (Å²) in [6.07, 6.45) is 0. The topological polar surface area (TPSA) is 74.9 Å². The molecule has 0 spiro atoms. The first kappa shape index (κ1) is 12.9. The molecule has 0 bridgehead atoms. The van der Waals surface area contributed by atoms with Gasteiger partial charge in [0.1, 0.15) is 11.0 Å². The second-order valence-corrected chi connectivity index (χ2v) is 4.07. The van der Waals surface area contributed by atoms with Crippen molar-refractivity contribution >= 4 is 11.0 Å². The van der Waals surface area contributed by atoms with E-state index in [1.54, 1.807) is 7.11 Å². The molecule has 0 unspecified atom stereocenters. The van der Waals surface area contributed by atoms with Gasteiger partial charge in [-0.25, -0.2) is 0 Å². The minimum Gasteiger partial charge on any atom is -0.383 e. The van der Waals surface area contributed by atoms with Crippen molar-refractivity contribution in [2.45, 2.75) is 6.54 Å². The number of hydrogen-bond acceptors (Lipinski definition) is 5. The van der Waals surface area contributed by atoms with Crippen LogP contribution in [0.25, 0.3) is 11.0 Å². The number of aromatic amines is 1. The molecule has 1 aromatic heterocycles. The largest absolute Gasteiger partial charge is 0.383 e. The molecule has 18 heavy (non-hydrogen) atoms. The molecule has 0 fully saturated rings. The van der Waals surface area contributed by atoms with Crippen LogP contribution in [0.2, 0.25) is 0 Å². The molecule has 2 rings (SSSR count). The minimum absolute atomic E-state index is 0.753. The Morgan fingerprint density at radius 3 is 2.83 bits per heavy atom. The standard InChI is InChI=1S/C12H19N5O/c1-18-7-6-13-4-5-14-9-10-2-3-11-12(8-10)16-17-15-11/h2-3,8,13-14H,4-7,9H2,1H3,(H,15,16,17). The van der Waals surface area contributed by atoms with Gasteiger partial charge in [0.05, 0.1) is 6.61 Å². The van der Waals surface area contributed by atoms with Crippen LogP contribution in [-0.2, 0) is 11.3 Å². The number of nitrogens with zero attached hydrogens (tertiary/aromatic N) is 2. The SMILES string of the molecule is COCCNCCNCc1ccc2n[nH]nc2c1. The summed E-state index contributed by atoms with van der Waals surface area (Å²) in [6.45, 7) is 4.36. The van der Waals surface area contributed by atoms with Crippen LogP contribution >= 0.6 is 0 Å². The van der Waals surface area contributed by atoms with Crippen LogP contribution in [0.5, 0.6) is 0 Å². The molecule has 1 aromatic carbocycles. The second-order valence-electron chi connectivity index (χ2n) is 4.07. The lowest BCUT2D eigenvalue weighted by atomic mass is 10.2. The molecular formula is C12H19N5O. The third-order valence-electron chi connectivity index (χ3n) is 2.67. The molecule has 3 N–H and O–H groups in total. The number of fused-ring (bicyclic) bond motifs is 1. The lowest BCUT2D eigenvalue weighted by Gasteiger charge is -2.06. The summed E-state index contributed by atoms with van der Waals surface area (Å²) < 4.78 is 4.95. The van der Waals surface area contributed by atoms with Crippen molar-refractivity contribution < 1.29 is 4.74 Å². The van der Waals surface area contributed by atoms with Crippen LogP contribution in [0.1, 0.15) is 5.56 Å². The van der Waals surface area contributed by atoms with Crippen molar-refractivity contribution in [2.75, 3.05) is 33.4 Å². The van der Waals surface area contributed by atoms with Gasteiger partial charge < -0.3 is 15.4 Å². The normalized spacial score (nSPS) is 11.2. The number of nitrogens with one attached hydrogen (secondary N) is 3. The number of aromatic nitrogens is 3. The van der Waals surface area contributed by atoms with Gasteiger partial charge in [0, 0.05) is 33.3 Å². The van der Waals surface area contributed by atoms with Gasteiger partial charge in [-0.1, -0.05) is 6.07 Å². The zero-order valence-electron chi connectivity index (χ0n) is 10.6. The predicted molar refractivity (Wildman–Crippen MR) is 70.3 cm³/mol. The van der Waals surface area contributed by atoms with E-state index in [2.05, 4.69) is 32.1 Å². The Morgan fingerprint density at radius 2 is 1.94 bits per heavy atom. The van der Waals surface area contributed by atoms with Crippen LogP contribution in [-0.4, -0.2) is 48.8 Å². The fourth-order valence-corrected chi connectivity index (χ4v) is 1.70. The van der Waals surface area contributed by atoms with Crippen LogP contribution < -0.4 is 10.6 Å². The molecule has 0 aliphatic rings. The van der Waals surface area contributed by atoms with Gasteiger partial charge in [0.2, 0.25) is 0 Å². The highest BCUT2D eigenvalue weighted by atomic mass is 16.5. The van der Waals surface area contributed by atoms with Crippen LogP contribution in [0.4, 0.5) is 0 Å². The molecule has 0 aliphatic heterocycles. The van der Waals surface area contributed by atoms with Crippen molar-refractivity contribution in [2.24, 2.45) is 0 Å². The van der Waals surface area contributed by atoms with Crippen molar-refractivity contribution in [1.82, 2.24) is 26.0 Å². The minimum atomic E-state index is 0.753. The third kappa shape index (κ3) is 3.76. The zero-order valence-corrected chi connectivity index (χ0v) is 10.6. The monoisotopic (exact) mass is 249 g/mol. The Balaban J connectivity index is 1.67. The molecule has 6 heteroatoms. The third-order valence-corrected chi connectivity index (χ3v) is 2.67. The molecule has 0 saturated heterocycles. The average Bonchev–Trinajstić information content (AvgIpc) is 2.85. The maximum Gasteiger partial charge on any atom is 0.113 e. The highest BCUT2D eigenvalue weighted by molar-refractivity contribution is 5.74. The molecule has 2 aromatic rings. The van der Waals surface area contributed by atoms with Crippen molar-refractivity contribution in [3.63, 3.8) is 0 Å². The summed E-state index contributed by atoms with van der Waals surface area (Å²) in [6, 6.07) is 6.09. The second kappa shape index (κ2) is 7.05. The van der Waals surface area contributed by atoms with Gasteiger partial charge in [0.15, 0.2) is 0 Å². The van der Waals surface area contributed by atoms with Crippen molar-refractivity contribution in [3.8, 4) is 0 Å². The summed E-state index contributed by atoms with van der Waals surface area (Å²) in [7, 11) is 1.71. The maximum atomic E-state index is 4.95. The molecule has 0 aliphatic carbocycles. The van der Waals surface area contributed by atoms with Crippen molar-refractivity contribution in [3.05, 3.63) is 23.8 Å². The Hall–Kier alpha value is -1.50. The highest BCUT2D eigenvalue weighted by Gasteiger charge is 1.99. The van der Waals surface area contributed by atoms with Gasteiger partial charge in [0.25, 0.3) is 0 Å². The Labute approximate surface area is 106 Å². The molecule has 0 saturated carbocycles. The summed E-state index contributed by atoms with van der Waals surface area (Å²) in [5.74, 6) is 0. The predicted octanol–water partition coefficient (Wildman–Crippen LogP) is 0.284. The molecule has 0 atom stereocenters. The first-order valence-electron chi connectivity index (χ1n) is 6.10. The fraction of sp³-hybridized carbons (Fsp3) is 0.500. The molecule has 0 amide bonds. The van der Waals surface area contributed by atoms with E-state index >= 15 is 0 Å².